The first kappa shape index (κ1) is 17.8. The second-order valence-electron chi connectivity index (χ2n) is 5.80. The Balaban J connectivity index is 1.59. The zero-order valence-corrected chi connectivity index (χ0v) is 15.6. The van der Waals surface area contributed by atoms with Gasteiger partial charge in [-0.3, -0.25) is 4.79 Å². The first-order chi connectivity index (χ1) is 10.6. The summed E-state index contributed by atoms with van der Waals surface area (Å²) in [5, 5.41) is 3.03. The number of nitrogens with zero attached hydrogens (tertiary/aromatic N) is 1. The number of carbonyl (C=O) groups excluding carboxylic acids is 1. The van der Waals surface area contributed by atoms with E-state index < -0.39 is 0 Å². The van der Waals surface area contributed by atoms with Gasteiger partial charge in [0.25, 0.3) is 0 Å². The minimum Gasteiger partial charge on any atom is -0.355 e. The summed E-state index contributed by atoms with van der Waals surface area (Å²) in [7, 11) is 0. The average Bonchev–Trinajstić information content (AvgIpc) is 2.52. The summed E-state index contributed by atoms with van der Waals surface area (Å²) < 4.78 is 1.08. The normalized spacial score (nSPS) is 15.7. The lowest BCUT2D eigenvalue weighted by molar-refractivity contribution is -0.118. The monoisotopic (exact) mass is 384 g/mol. The lowest BCUT2D eigenvalue weighted by atomic mass is 10.1. The molecule has 3 nitrogen and oxygen atoms in total. The van der Waals surface area contributed by atoms with Crippen molar-refractivity contribution in [3.05, 3.63) is 28.2 Å². The summed E-state index contributed by atoms with van der Waals surface area (Å²) >= 11 is 5.07. The summed E-state index contributed by atoms with van der Waals surface area (Å²) in [6.07, 6.45) is 5.08. The summed E-state index contributed by atoms with van der Waals surface area (Å²) in [5.74, 6) is 0.623. The Bertz CT molecular complexity index is 490. The SMILES string of the molecule is Cc1cc(Br)ccc1SCC(=O)NCCCN1CCCCC1. The van der Waals surface area contributed by atoms with Crippen molar-refractivity contribution in [2.45, 2.75) is 37.5 Å². The highest BCUT2D eigenvalue weighted by Crippen LogP contribution is 2.25. The van der Waals surface area contributed by atoms with Gasteiger partial charge in [0, 0.05) is 15.9 Å². The second-order valence-corrected chi connectivity index (χ2v) is 7.74. The molecular weight excluding hydrogens is 360 g/mol. The van der Waals surface area contributed by atoms with E-state index in [1.54, 1.807) is 11.8 Å². The maximum absolute atomic E-state index is 11.9. The molecule has 1 N–H and O–H groups in total. The molecule has 1 heterocycles. The number of likely N-dealkylation sites (tertiary alicyclic amines) is 1. The molecule has 1 aromatic rings. The van der Waals surface area contributed by atoms with Crippen LogP contribution in [0.4, 0.5) is 0 Å². The van der Waals surface area contributed by atoms with E-state index in [-0.39, 0.29) is 5.91 Å². The minimum absolute atomic E-state index is 0.131. The third kappa shape index (κ3) is 6.31. The number of benzene rings is 1. The molecule has 0 atom stereocenters. The van der Waals surface area contributed by atoms with Gasteiger partial charge in [0.1, 0.15) is 0 Å². The molecule has 1 aliphatic heterocycles. The molecule has 1 saturated heterocycles. The molecule has 5 heteroatoms. The zero-order chi connectivity index (χ0) is 15.8. The second kappa shape index (κ2) is 9.58. The van der Waals surface area contributed by atoms with Gasteiger partial charge in [0.2, 0.25) is 5.91 Å². The molecule has 0 spiro atoms. The number of hydrogen-bond acceptors (Lipinski definition) is 3. The number of rotatable bonds is 7. The number of thioether (sulfide) groups is 1. The highest BCUT2D eigenvalue weighted by molar-refractivity contribution is 9.10. The summed E-state index contributed by atoms with van der Waals surface area (Å²) in [4.78, 5) is 15.6. The predicted molar refractivity (Wildman–Crippen MR) is 97.5 cm³/mol. The van der Waals surface area contributed by atoms with Gasteiger partial charge in [0.05, 0.1) is 5.75 Å². The summed E-state index contributed by atoms with van der Waals surface area (Å²) in [6.45, 7) is 6.43. The van der Waals surface area contributed by atoms with Crippen molar-refractivity contribution in [3.8, 4) is 0 Å². The van der Waals surface area contributed by atoms with E-state index >= 15 is 0 Å². The van der Waals surface area contributed by atoms with Gasteiger partial charge < -0.3 is 10.2 Å². The molecule has 22 heavy (non-hydrogen) atoms. The Morgan fingerprint density at radius 2 is 2.09 bits per heavy atom. The zero-order valence-electron chi connectivity index (χ0n) is 13.2. The maximum atomic E-state index is 11.9. The van der Waals surface area contributed by atoms with Crippen LogP contribution in [0.5, 0.6) is 0 Å². The topological polar surface area (TPSA) is 32.3 Å². The largest absolute Gasteiger partial charge is 0.355 e. The quantitative estimate of drug-likeness (QED) is 0.572. The number of hydrogen-bond donors (Lipinski definition) is 1. The van der Waals surface area contributed by atoms with Crippen LogP contribution in [0, 0.1) is 6.92 Å². The van der Waals surface area contributed by atoms with Crippen molar-refractivity contribution < 1.29 is 4.79 Å². The first-order valence-electron chi connectivity index (χ1n) is 8.03. The van der Waals surface area contributed by atoms with E-state index in [0.717, 1.165) is 24.0 Å². The number of aryl methyl sites for hydroxylation is 1. The van der Waals surface area contributed by atoms with Crippen LogP contribution in [0.3, 0.4) is 0 Å². The van der Waals surface area contributed by atoms with Gasteiger partial charge in [0.15, 0.2) is 0 Å². The van der Waals surface area contributed by atoms with E-state index in [1.165, 1.54) is 42.8 Å². The van der Waals surface area contributed by atoms with Crippen LogP contribution in [-0.4, -0.2) is 42.7 Å². The molecule has 1 aromatic carbocycles. The number of nitrogens with one attached hydrogen (secondary N) is 1. The molecule has 0 radical (unpaired) electrons. The van der Waals surface area contributed by atoms with Crippen LogP contribution in [-0.2, 0) is 4.79 Å². The molecule has 0 aromatic heterocycles. The van der Waals surface area contributed by atoms with Crippen LogP contribution < -0.4 is 5.32 Å². The van der Waals surface area contributed by atoms with Crippen molar-refractivity contribution in [1.82, 2.24) is 10.2 Å². The van der Waals surface area contributed by atoms with E-state index in [1.807, 2.05) is 6.07 Å². The van der Waals surface area contributed by atoms with Crippen molar-refractivity contribution in [2.75, 3.05) is 31.9 Å². The Morgan fingerprint density at radius 3 is 2.82 bits per heavy atom. The van der Waals surface area contributed by atoms with Crippen molar-refractivity contribution >= 4 is 33.6 Å². The van der Waals surface area contributed by atoms with Crippen LogP contribution in [0.1, 0.15) is 31.2 Å². The van der Waals surface area contributed by atoms with E-state index in [0.29, 0.717) is 5.75 Å². The Hall–Kier alpha value is -0.520. The smallest absolute Gasteiger partial charge is 0.230 e. The van der Waals surface area contributed by atoms with Gasteiger partial charge >= 0.3 is 0 Å². The molecule has 0 unspecified atom stereocenters. The lowest BCUT2D eigenvalue weighted by Gasteiger charge is -2.26. The van der Waals surface area contributed by atoms with Crippen LogP contribution in [0.15, 0.2) is 27.6 Å². The van der Waals surface area contributed by atoms with Crippen molar-refractivity contribution in [2.24, 2.45) is 0 Å². The number of piperidine rings is 1. The maximum Gasteiger partial charge on any atom is 0.230 e. The molecule has 1 fully saturated rings. The lowest BCUT2D eigenvalue weighted by Crippen LogP contribution is -2.33. The molecule has 0 aliphatic carbocycles. The van der Waals surface area contributed by atoms with E-state index in [9.17, 15) is 4.79 Å². The number of halogens is 1. The van der Waals surface area contributed by atoms with Crippen molar-refractivity contribution in [1.29, 1.82) is 0 Å². The molecular formula is C17H25BrN2OS. The summed E-state index contributed by atoms with van der Waals surface area (Å²) in [5.41, 5.74) is 1.21. The fraction of sp³-hybridized carbons (Fsp3) is 0.588. The van der Waals surface area contributed by atoms with Gasteiger partial charge in [-0.1, -0.05) is 22.4 Å². The van der Waals surface area contributed by atoms with E-state index in [4.69, 9.17) is 0 Å². The standard InChI is InChI=1S/C17H25BrN2OS/c1-14-12-15(18)6-7-16(14)22-13-17(21)19-8-5-11-20-9-3-2-4-10-20/h6-7,12H,2-5,8-11,13H2,1H3,(H,19,21). The van der Waals surface area contributed by atoms with Crippen LogP contribution >= 0.6 is 27.7 Å². The van der Waals surface area contributed by atoms with Crippen LogP contribution in [0.2, 0.25) is 0 Å². The van der Waals surface area contributed by atoms with E-state index in [2.05, 4.69) is 45.2 Å². The molecule has 0 saturated carbocycles. The number of amides is 1. The Labute approximate surface area is 146 Å². The Morgan fingerprint density at radius 1 is 1.32 bits per heavy atom. The van der Waals surface area contributed by atoms with Crippen LogP contribution in [0.25, 0.3) is 0 Å². The number of carbonyl (C=O) groups is 1. The third-order valence-corrected chi connectivity index (χ3v) is 5.59. The fourth-order valence-corrected chi connectivity index (χ4v) is 4.00. The minimum atomic E-state index is 0.131. The fourth-order valence-electron chi connectivity index (χ4n) is 2.68. The molecule has 2 rings (SSSR count). The summed E-state index contributed by atoms with van der Waals surface area (Å²) in [6, 6.07) is 6.17. The highest BCUT2D eigenvalue weighted by Gasteiger charge is 2.09. The molecule has 1 aliphatic rings. The molecule has 0 bridgehead atoms. The third-order valence-electron chi connectivity index (χ3n) is 3.92. The van der Waals surface area contributed by atoms with Gasteiger partial charge in [-0.05, 0) is 69.6 Å². The highest BCUT2D eigenvalue weighted by atomic mass is 79.9. The first-order valence-corrected chi connectivity index (χ1v) is 9.81. The van der Waals surface area contributed by atoms with Gasteiger partial charge in [-0.15, -0.1) is 11.8 Å². The van der Waals surface area contributed by atoms with Gasteiger partial charge in [-0.25, -0.2) is 0 Å². The van der Waals surface area contributed by atoms with Crippen molar-refractivity contribution in [3.63, 3.8) is 0 Å². The Kier molecular flexibility index (Phi) is 7.76. The average molecular weight is 385 g/mol. The molecule has 122 valence electrons. The predicted octanol–water partition coefficient (Wildman–Crippen LogP) is 3.84. The molecule has 1 amide bonds. The van der Waals surface area contributed by atoms with Gasteiger partial charge in [-0.2, -0.15) is 0 Å².